The highest BCUT2D eigenvalue weighted by Crippen LogP contribution is 2.16. The lowest BCUT2D eigenvalue weighted by atomic mass is 10.1. The van der Waals surface area contributed by atoms with Crippen molar-refractivity contribution in [2.45, 2.75) is 33.2 Å². The standard InChI is InChI=1S/C14H25N5/c1-4-13(9-15)18-5-7-19(8-6-18)14-10-16-11(2)12(3)17-14/h10,13H,4-9,15H2,1-3H3. The zero-order valence-electron chi connectivity index (χ0n) is 12.3. The zero-order chi connectivity index (χ0) is 13.8. The number of nitrogens with two attached hydrogens (primary N) is 1. The second kappa shape index (κ2) is 6.30. The molecule has 1 aliphatic heterocycles. The molecule has 0 amide bonds. The van der Waals surface area contributed by atoms with Crippen LogP contribution in [0.4, 0.5) is 5.82 Å². The first-order valence-corrected chi connectivity index (χ1v) is 7.15. The summed E-state index contributed by atoms with van der Waals surface area (Å²) in [6, 6.07) is 0.521. The van der Waals surface area contributed by atoms with Crippen LogP contribution in [0.1, 0.15) is 24.7 Å². The molecule has 1 atom stereocenters. The van der Waals surface area contributed by atoms with Crippen molar-refractivity contribution in [1.82, 2.24) is 14.9 Å². The Kier molecular flexibility index (Phi) is 4.71. The number of piperazine rings is 1. The van der Waals surface area contributed by atoms with Crippen molar-refractivity contribution >= 4 is 5.82 Å². The fourth-order valence-corrected chi connectivity index (χ4v) is 2.57. The van der Waals surface area contributed by atoms with Crippen LogP contribution in [0.15, 0.2) is 6.20 Å². The Balaban J connectivity index is 1.97. The molecule has 0 saturated carbocycles. The van der Waals surface area contributed by atoms with Crippen LogP contribution in [0.3, 0.4) is 0 Å². The number of hydrogen-bond donors (Lipinski definition) is 1. The molecule has 1 unspecified atom stereocenters. The second-order valence-electron chi connectivity index (χ2n) is 5.22. The summed E-state index contributed by atoms with van der Waals surface area (Å²) in [5.74, 6) is 1.00. The third-order valence-corrected chi connectivity index (χ3v) is 4.08. The molecule has 1 aliphatic rings. The minimum absolute atomic E-state index is 0.521. The Hall–Kier alpha value is -1.20. The molecule has 1 aromatic heterocycles. The summed E-state index contributed by atoms with van der Waals surface area (Å²) in [6.07, 6.45) is 3.01. The summed E-state index contributed by atoms with van der Waals surface area (Å²) in [4.78, 5) is 13.8. The Bertz CT molecular complexity index is 408. The Morgan fingerprint density at radius 3 is 2.42 bits per heavy atom. The van der Waals surface area contributed by atoms with E-state index in [9.17, 15) is 0 Å². The molecule has 0 spiro atoms. The van der Waals surface area contributed by atoms with Crippen LogP contribution < -0.4 is 10.6 Å². The number of hydrogen-bond acceptors (Lipinski definition) is 5. The molecule has 1 fully saturated rings. The molecule has 2 heterocycles. The lowest BCUT2D eigenvalue weighted by Gasteiger charge is -2.39. The van der Waals surface area contributed by atoms with Crippen molar-refractivity contribution in [3.8, 4) is 0 Å². The summed E-state index contributed by atoms with van der Waals surface area (Å²) in [7, 11) is 0. The van der Waals surface area contributed by atoms with Crippen molar-refractivity contribution < 1.29 is 0 Å². The molecule has 0 radical (unpaired) electrons. The van der Waals surface area contributed by atoms with Crippen molar-refractivity contribution in [1.29, 1.82) is 0 Å². The van der Waals surface area contributed by atoms with Crippen LogP contribution >= 0.6 is 0 Å². The SMILES string of the molecule is CCC(CN)N1CCN(c2cnc(C)c(C)n2)CC1. The average Bonchev–Trinajstić information content (AvgIpc) is 2.44. The number of rotatable bonds is 4. The molecular formula is C14H25N5. The smallest absolute Gasteiger partial charge is 0.147 e. The van der Waals surface area contributed by atoms with E-state index in [1.165, 1.54) is 0 Å². The van der Waals surface area contributed by atoms with E-state index >= 15 is 0 Å². The van der Waals surface area contributed by atoms with E-state index in [0.717, 1.165) is 56.4 Å². The van der Waals surface area contributed by atoms with E-state index in [4.69, 9.17) is 5.73 Å². The maximum atomic E-state index is 5.82. The highest BCUT2D eigenvalue weighted by molar-refractivity contribution is 5.38. The van der Waals surface area contributed by atoms with E-state index in [1.54, 1.807) is 0 Å². The topological polar surface area (TPSA) is 58.3 Å². The van der Waals surface area contributed by atoms with Gasteiger partial charge in [0.1, 0.15) is 5.82 Å². The van der Waals surface area contributed by atoms with Gasteiger partial charge in [-0.15, -0.1) is 0 Å². The Morgan fingerprint density at radius 2 is 1.89 bits per heavy atom. The fraction of sp³-hybridized carbons (Fsp3) is 0.714. The number of nitrogens with zero attached hydrogens (tertiary/aromatic N) is 4. The predicted octanol–water partition coefficient (Wildman–Crippen LogP) is 0.953. The van der Waals surface area contributed by atoms with Crippen LogP contribution in [-0.4, -0.2) is 53.6 Å². The first-order chi connectivity index (χ1) is 9.15. The molecule has 0 bridgehead atoms. The minimum Gasteiger partial charge on any atom is -0.353 e. The summed E-state index contributed by atoms with van der Waals surface area (Å²) in [5, 5.41) is 0. The normalized spacial score (nSPS) is 18.6. The third-order valence-electron chi connectivity index (χ3n) is 4.08. The summed E-state index contributed by atoms with van der Waals surface area (Å²) >= 11 is 0. The predicted molar refractivity (Wildman–Crippen MR) is 78.4 cm³/mol. The van der Waals surface area contributed by atoms with E-state index in [1.807, 2.05) is 20.0 Å². The summed E-state index contributed by atoms with van der Waals surface area (Å²) < 4.78 is 0. The number of aromatic nitrogens is 2. The number of aryl methyl sites for hydroxylation is 2. The molecular weight excluding hydrogens is 238 g/mol. The molecule has 0 aliphatic carbocycles. The Labute approximate surface area is 115 Å². The van der Waals surface area contributed by atoms with Crippen molar-refractivity contribution in [2.24, 2.45) is 5.73 Å². The van der Waals surface area contributed by atoms with Gasteiger partial charge in [-0.05, 0) is 20.3 Å². The summed E-state index contributed by atoms with van der Waals surface area (Å²) in [6.45, 7) is 11.1. The van der Waals surface area contributed by atoms with Crippen molar-refractivity contribution in [2.75, 3.05) is 37.6 Å². The molecule has 1 aromatic rings. The van der Waals surface area contributed by atoms with Gasteiger partial charge in [0.25, 0.3) is 0 Å². The quantitative estimate of drug-likeness (QED) is 0.876. The molecule has 19 heavy (non-hydrogen) atoms. The Morgan fingerprint density at radius 1 is 1.21 bits per heavy atom. The van der Waals surface area contributed by atoms with Crippen LogP contribution in [0, 0.1) is 13.8 Å². The van der Waals surface area contributed by atoms with Crippen LogP contribution in [0.5, 0.6) is 0 Å². The van der Waals surface area contributed by atoms with Gasteiger partial charge < -0.3 is 10.6 Å². The lowest BCUT2D eigenvalue weighted by Crippen LogP contribution is -2.52. The summed E-state index contributed by atoms with van der Waals surface area (Å²) in [5.41, 5.74) is 7.85. The van der Waals surface area contributed by atoms with Gasteiger partial charge in [0.15, 0.2) is 0 Å². The van der Waals surface area contributed by atoms with Crippen molar-refractivity contribution in [3.63, 3.8) is 0 Å². The molecule has 0 aromatic carbocycles. The maximum Gasteiger partial charge on any atom is 0.147 e. The first-order valence-electron chi connectivity index (χ1n) is 7.15. The first kappa shape index (κ1) is 14.2. The van der Waals surface area contributed by atoms with Gasteiger partial charge >= 0.3 is 0 Å². The molecule has 2 N–H and O–H groups in total. The second-order valence-corrected chi connectivity index (χ2v) is 5.22. The largest absolute Gasteiger partial charge is 0.353 e. The monoisotopic (exact) mass is 263 g/mol. The van der Waals surface area contributed by atoms with Gasteiger partial charge in [0, 0.05) is 38.8 Å². The van der Waals surface area contributed by atoms with Gasteiger partial charge in [0.2, 0.25) is 0 Å². The van der Waals surface area contributed by atoms with Crippen LogP contribution in [-0.2, 0) is 0 Å². The van der Waals surface area contributed by atoms with Gasteiger partial charge in [-0.1, -0.05) is 6.92 Å². The van der Waals surface area contributed by atoms with Crippen molar-refractivity contribution in [3.05, 3.63) is 17.6 Å². The van der Waals surface area contributed by atoms with E-state index < -0.39 is 0 Å². The molecule has 2 rings (SSSR count). The van der Waals surface area contributed by atoms with Gasteiger partial charge in [-0.25, -0.2) is 4.98 Å². The number of anilines is 1. The zero-order valence-corrected chi connectivity index (χ0v) is 12.3. The average molecular weight is 263 g/mol. The van der Waals surface area contributed by atoms with Gasteiger partial charge in [0.05, 0.1) is 17.6 Å². The molecule has 1 saturated heterocycles. The van der Waals surface area contributed by atoms with Gasteiger partial charge in [-0.3, -0.25) is 9.88 Å². The fourth-order valence-electron chi connectivity index (χ4n) is 2.57. The van der Waals surface area contributed by atoms with Crippen LogP contribution in [0.2, 0.25) is 0 Å². The van der Waals surface area contributed by atoms with E-state index in [0.29, 0.717) is 6.04 Å². The van der Waals surface area contributed by atoms with E-state index in [-0.39, 0.29) is 0 Å². The highest BCUT2D eigenvalue weighted by atomic mass is 15.3. The van der Waals surface area contributed by atoms with Gasteiger partial charge in [-0.2, -0.15) is 0 Å². The molecule has 106 valence electrons. The van der Waals surface area contributed by atoms with Crippen LogP contribution in [0.25, 0.3) is 0 Å². The maximum absolute atomic E-state index is 5.82. The minimum atomic E-state index is 0.521. The third kappa shape index (κ3) is 3.22. The highest BCUT2D eigenvalue weighted by Gasteiger charge is 2.22. The molecule has 5 heteroatoms. The lowest BCUT2D eigenvalue weighted by molar-refractivity contribution is 0.184. The molecule has 5 nitrogen and oxygen atoms in total. The van der Waals surface area contributed by atoms with E-state index in [2.05, 4.69) is 26.7 Å².